The first-order valence-corrected chi connectivity index (χ1v) is 8.28. The molecule has 0 saturated carbocycles. The van der Waals surface area contributed by atoms with E-state index >= 15 is 0 Å². The minimum atomic E-state index is -4.57. The Morgan fingerprint density at radius 1 is 1.23 bits per heavy atom. The van der Waals surface area contributed by atoms with Crippen LogP contribution < -0.4 is 10.6 Å². The Kier molecular flexibility index (Phi) is 6.42. The van der Waals surface area contributed by atoms with E-state index < -0.39 is 11.7 Å². The summed E-state index contributed by atoms with van der Waals surface area (Å²) in [6, 6.07) is 3.37. The zero-order valence-electron chi connectivity index (χ0n) is 14.2. The van der Waals surface area contributed by atoms with Gasteiger partial charge in [0.15, 0.2) is 0 Å². The van der Waals surface area contributed by atoms with E-state index in [0.717, 1.165) is 12.5 Å². The molecule has 9 heteroatoms. The van der Waals surface area contributed by atoms with Crippen LogP contribution >= 0.6 is 11.6 Å². The molecule has 1 heterocycles. The zero-order valence-corrected chi connectivity index (χ0v) is 14.9. The summed E-state index contributed by atoms with van der Waals surface area (Å²) in [7, 11) is 0. The van der Waals surface area contributed by atoms with E-state index in [1.165, 1.54) is 24.5 Å². The Morgan fingerprint density at radius 2 is 1.96 bits per heavy atom. The Balaban J connectivity index is 2.09. The van der Waals surface area contributed by atoms with Gasteiger partial charge in [-0.2, -0.15) is 13.2 Å². The lowest BCUT2D eigenvalue weighted by molar-refractivity contribution is -0.136. The third-order valence-electron chi connectivity index (χ3n) is 3.44. The molecule has 0 bridgehead atoms. The van der Waals surface area contributed by atoms with E-state index in [1.54, 1.807) is 0 Å². The number of benzene rings is 1. The van der Waals surface area contributed by atoms with Gasteiger partial charge in [-0.3, -0.25) is 4.79 Å². The zero-order chi connectivity index (χ0) is 19.3. The molecule has 0 aliphatic rings. The molecule has 0 spiro atoms. The molecule has 2 N–H and O–H groups in total. The molecule has 5 nitrogen and oxygen atoms in total. The first-order chi connectivity index (χ1) is 12.2. The minimum Gasteiger partial charge on any atom is -0.351 e. The van der Waals surface area contributed by atoms with Gasteiger partial charge in [0.1, 0.15) is 11.5 Å². The molecule has 2 rings (SSSR count). The van der Waals surface area contributed by atoms with Crippen LogP contribution in [0.5, 0.6) is 0 Å². The van der Waals surface area contributed by atoms with Crippen molar-refractivity contribution in [2.24, 2.45) is 5.92 Å². The average Bonchev–Trinajstić information content (AvgIpc) is 2.56. The van der Waals surface area contributed by atoms with Gasteiger partial charge in [-0.1, -0.05) is 25.4 Å². The van der Waals surface area contributed by atoms with E-state index in [-0.39, 0.29) is 28.1 Å². The number of carbonyl (C=O) groups is 1. The molecule has 0 saturated heterocycles. The summed E-state index contributed by atoms with van der Waals surface area (Å²) in [5.74, 6) is 0.152. The van der Waals surface area contributed by atoms with Crippen molar-refractivity contribution in [2.75, 3.05) is 11.9 Å². The fourth-order valence-corrected chi connectivity index (χ4v) is 2.24. The van der Waals surface area contributed by atoms with E-state index in [9.17, 15) is 18.0 Å². The van der Waals surface area contributed by atoms with Crippen LogP contribution in [0.3, 0.4) is 0 Å². The second-order valence-electron chi connectivity index (χ2n) is 6.04. The molecule has 1 aromatic heterocycles. The monoisotopic (exact) mass is 386 g/mol. The number of carbonyl (C=O) groups excluding carboxylic acids is 1. The van der Waals surface area contributed by atoms with Crippen LogP contribution in [-0.2, 0) is 6.18 Å². The molecule has 140 valence electrons. The number of anilines is 2. The molecule has 0 radical (unpaired) electrons. The van der Waals surface area contributed by atoms with Crippen molar-refractivity contribution in [1.29, 1.82) is 0 Å². The molecule has 1 aromatic carbocycles. The van der Waals surface area contributed by atoms with E-state index in [1.807, 2.05) is 13.8 Å². The van der Waals surface area contributed by atoms with Crippen molar-refractivity contribution in [1.82, 2.24) is 15.3 Å². The van der Waals surface area contributed by atoms with Crippen LogP contribution in [0.4, 0.5) is 24.7 Å². The Morgan fingerprint density at radius 3 is 2.54 bits per heavy atom. The van der Waals surface area contributed by atoms with Crippen molar-refractivity contribution < 1.29 is 18.0 Å². The maximum atomic E-state index is 13.1. The predicted octanol–water partition coefficient (Wildman–Crippen LogP) is 4.67. The maximum Gasteiger partial charge on any atom is 0.418 e. The Bertz CT molecular complexity index is 764. The fourth-order valence-electron chi connectivity index (χ4n) is 2.07. The van der Waals surface area contributed by atoms with Crippen molar-refractivity contribution >= 4 is 29.0 Å². The molecule has 0 unspecified atom stereocenters. The van der Waals surface area contributed by atoms with Crippen LogP contribution in [-0.4, -0.2) is 22.4 Å². The summed E-state index contributed by atoms with van der Waals surface area (Å²) in [5, 5.41) is 5.23. The van der Waals surface area contributed by atoms with Crippen LogP contribution in [0.25, 0.3) is 0 Å². The lowest BCUT2D eigenvalue weighted by atomic mass is 10.1. The summed E-state index contributed by atoms with van der Waals surface area (Å²) in [6.45, 7) is 4.59. The Labute approximate surface area is 154 Å². The minimum absolute atomic E-state index is 0.0256. The molecular weight excluding hydrogens is 369 g/mol. The third kappa shape index (κ3) is 5.59. The molecule has 0 aliphatic heterocycles. The lowest BCUT2D eigenvalue weighted by Gasteiger charge is -2.14. The van der Waals surface area contributed by atoms with Crippen molar-refractivity contribution in [3.63, 3.8) is 0 Å². The Hall–Kier alpha value is -2.35. The summed E-state index contributed by atoms with van der Waals surface area (Å²) < 4.78 is 39.3. The predicted molar refractivity (Wildman–Crippen MR) is 93.6 cm³/mol. The van der Waals surface area contributed by atoms with Gasteiger partial charge in [0, 0.05) is 11.6 Å². The van der Waals surface area contributed by atoms with Gasteiger partial charge in [-0.15, -0.1) is 0 Å². The van der Waals surface area contributed by atoms with Gasteiger partial charge in [0.2, 0.25) is 0 Å². The number of hydrogen-bond acceptors (Lipinski definition) is 4. The second-order valence-corrected chi connectivity index (χ2v) is 6.47. The number of nitrogens with one attached hydrogen (secondary N) is 2. The summed E-state index contributed by atoms with van der Waals surface area (Å²) in [5.41, 5.74) is -1.03. The fraction of sp³-hybridized carbons (Fsp3) is 0.353. The van der Waals surface area contributed by atoms with Crippen molar-refractivity contribution in [3.8, 4) is 0 Å². The highest BCUT2D eigenvalue weighted by atomic mass is 35.5. The standard InChI is InChI=1S/C17H18ClF3N4O/c1-10(2)5-6-22-16(26)14-8-24-15(9-23-14)25-13-4-3-11(18)7-12(13)17(19,20)21/h3-4,7-10H,5-6H2,1-2H3,(H,22,26)(H,24,25). The highest BCUT2D eigenvalue weighted by molar-refractivity contribution is 6.30. The summed E-state index contributed by atoms with van der Waals surface area (Å²) >= 11 is 5.64. The van der Waals surface area contributed by atoms with Crippen LogP contribution in [0.2, 0.25) is 5.02 Å². The highest BCUT2D eigenvalue weighted by Gasteiger charge is 2.34. The quantitative estimate of drug-likeness (QED) is 0.757. The SMILES string of the molecule is CC(C)CCNC(=O)c1cnc(Nc2ccc(Cl)cc2C(F)(F)F)cn1. The van der Waals surface area contributed by atoms with Gasteiger partial charge in [0.05, 0.1) is 23.6 Å². The van der Waals surface area contributed by atoms with Crippen LogP contribution in [0, 0.1) is 5.92 Å². The van der Waals surface area contributed by atoms with Gasteiger partial charge >= 0.3 is 6.18 Å². The number of amides is 1. The van der Waals surface area contributed by atoms with Gasteiger partial charge in [-0.05, 0) is 30.5 Å². The number of alkyl halides is 3. The van der Waals surface area contributed by atoms with Crippen molar-refractivity contribution in [2.45, 2.75) is 26.4 Å². The highest BCUT2D eigenvalue weighted by Crippen LogP contribution is 2.37. The number of halogens is 4. The number of hydrogen-bond donors (Lipinski definition) is 2. The number of rotatable bonds is 6. The van der Waals surface area contributed by atoms with Crippen LogP contribution in [0.1, 0.15) is 36.3 Å². The van der Waals surface area contributed by atoms with Crippen LogP contribution in [0.15, 0.2) is 30.6 Å². The van der Waals surface area contributed by atoms with Crippen molar-refractivity contribution in [3.05, 3.63) is 46.9 Å². The lowest BCUT2D eigenvalue weighted by Crippen LogP contribution is -2.26. The molecule has 0 fully saturated rings. The first kappa shape index (κ1) is 20.0. The largest absolute Gasteiger partial charge is 0.418 e. The van der Waals surface area contributed by atoms with Gasteiger partial charge < -0.3 is 10.6 Å². The molecule has 26 heavy (non-hydrogen) atoms. The smallest absolute Gasteiger partial charge is 0.351 e. The summed E-state index contributed by atoms with van der Waals surface area (Å²) in [4.78, 5) is 19.8. The van der Waals surface area contributed by atoms with Gasteiger partial charge in [-0.25, -0.2) is 9.97 Å². The molecular formula is C17H18ClF3N4O. The molecule has 0 aliphatic carbocycles. The third-order valence-corrected chi connectivity index (χ3v) is 3.68. The second kappa shape index (κ2) is 8.35. The maximum absolute atomic E-state index is 13.1. The number of nitrogens with zero attached hydrogens (tertiary/aromatic N) is 2. The van der Waals surface area contributed by atoms with E-state index in [0.29, 0.717) is 12.5 Å². The van der Waals surface area contributed by atoms with E-state index in [4.69, 9.17) is 11.6 Å². The normalized spacial score (nSPS) is 11.5. The number of aromatic nitrogens is 2. The topological polar surface area (TPSA) is 66.9 Å². The van der Waals surface area contributed by atoms with Gasteiger partial charge in [0.25, 0.3) is 5.91 Å². The molecule has 0 atom stereocenters. The van der Waals surface area contributed by atoms with E-state index in [2.05, 4.69) is 20.6 Å². The average molecular weight is 387 g/mol. The summed E-state index contributed by atoms with van der Waals surface area (Å²) in [6.07, 6.45) is -1.34. The molecule has 2 aromatic rings. The first-order valence-electron chi connectivity index (χ1n) is 7.91. The molecule has 1 amide bonds.